The van der Waals surface area contributed by atoms with Crippen LogP contribution in [0.1, 0.15) is 64.3 Å². The molecule has 2 heterocycles. The Morgan fingerprint density at radius 2 is 1.66 bits per heavy atom. The smallest absolute Gasteiger partial charge is 0.248 e. The number of primary amides is 1. The number of ether oxygens (including phenoxy) is 1. The number of fused-ring (bicyclic) bond motifs is 2. The van der Waals surface area contributed by atoms with Crippen molar-refractivity contribution in [1.29, 1.82) is 0 Å². The molecular weight excluding hydrogens is 396 g/mol. The van der Waals surface area contributed by atoms with E-state index in [1.54, 1.807) is 6.07 Å². The molecule has 0 bridgehead atoms. The number of hydrogen-bond donors (Lipinski definition) is 1. The van der Waals surface area contributed by atoms with Crippen molar-refractivity contribution in [2.75, 3.05) is 6.54 Å². The zero-order valence-electron chi connectivity index (χ0n) is 18.4. The molecule has 1 unspecified atom stereocenters. The monoisotopic (exact) mass is 426 g/mol. The van der Waals surface area contributed by atoms with E-state index in [4.69, 9.17) is 10.5 Å². The molecule has 2 N–H and O–H groups in total. The third-order valence-corrected chi connectivity index (χ3v) is 6.79. The summed E-state index contributed by atoms with van der Waals surface area (Å²) in [6, 6.07) is 23.5. The van der Waals surface area contributed by atoms with E-state index in [9.17, 15) is 4.79 Å². The molecule has 0 aliphatic carbocycles. The third kappa shape index (κ3) is 4.42. The Morgan fingerprint density at radius 1 is 0.906 bits per heavy atom. The standard InChI is InChI=1S/C28H30N2O2/c29-28(31)24-13-15-27-23(18-24)12-11-22-17-20(10-14-26(22)32-27)19-30-16-6-2-5-9-25(30)21-7-3-1-4-8-21/h1,3-4,7-8,10,13-15,17-18,25H,2,5-6,9,11-12,16,19H2,(H2,29,31). The Kier molecular flexibility index (Phi) is 5.95. The lowest BCUT2D eigenvalue weighted by Crippen LogP contribution is -2.28. The summed E-state index contributed by atoms with van der Waals surface area (Å²) >= 11 is 0. The third-order valence-electron chi connectivity index (χ3n) is 6.79. The van der Waals surface area contributed by atoms with Crippen LogP contribution in [0.25, 0.3) is 0 Å². The van der Waals surface area contributed by atoms with Crippen LogP contribution in [0.5, 0.6) is 11.5 Å². The predicted molar refractivity (Wildman–Crippen MR) is 127 cm³/mol. The topological polar surface area (TPSA) is 55.6 Å². The number of likely N-dealkylation sites (tertiary alicyclic amines) is 1. The van der Waals surface area contributed by atoms with Crippen LogP contribution < -0.4 is 10.5 Å². The zero-order chi connectivity index (χ0) is 21.9. The van der Waals surface area contributed by atoms with Crippen LogP contribution in [0.2, 0.25) is 0 Å². The van der Waals surface area contributed by atoms with Crippen molar-refractivity contribution in [3.63, 3.8) is 0 Å². The van der Waals surface area contributed by atoms with Gasteiger partial charge in [0, 0.05) is 18.2 Å². The van der Waals surface area contributed by atoms with E-state index in [0.29, 0.717) is 11.6 Å². The molecule has 2 aliphatic rings. The first-order chi connectivity index (χ1) is 15.7. The van der Waals surface area contributed by atoms with Crippen molar-refractivity contribution in [3.05, 3.63) is 94.5 Å². The fraction of sp³-hybridized carbons (Fsp3) is 0.321. The fourth-order valence-corrected chi connectivity index (χ4v) is 5.09. The summed E-state index contributed by atoms with van der Waals surface area (Å²) in [4.78, 5) is 14.2. The number of hydrogen-bond acceptors (Lipinski definition) is 3. The van der Waals surface area contributed by atoms with E-state index in [1.807, 2.05) is 12.1 Å². The molecule has 5 rings (SSSR count). The molecule has 3 aromatic rings. The van der Waals surface area contributed by atoms with E-state index in [-0.39, 0.29) is 0 Å². The van der Waals surface area contributed by atoms with Crippen LogP contribution in [0.4, 0.5) is 0 Å². The first kappa shape index (κ1) is 20.8. The molecule has 4 heteroatoms. The molecule has 32 heavy (non-hydrogen) atoms. The summed E-state index contributed by atoms with van der Waals surface area (Å²) in [6.07, 6.45) is 6.80. The molecule has 0 saturated carbocycles. The lowest BCUT2D eigenvalue weighted by Gasteiger charge is -2.30. The second-order valence-corrected chi connectivity index (χ2v) is 8.98. The van der Waals surface area contributed by atoms with Gasteiger partial charge in [0.15, 0.2) is 0 Å². The molecule has 1 saturated heterocycles. The average Bonchev–Trinajstić information content (AvgIpc) is 3.15. The van der Waals surface area contributed by atoms with E-state index in [1.165, 1.54) is 42.4 Å². The first-order valence-electron chi connectivity index (χ1n) is 11.7. The SMILES string of the molecule is NC(=O)c1ccc2c(c1)CCc1cc(CN3CCCCCC3c3ccccc3)ccc1O2. The van der Waals surface area contributed by atoms with Gasteiger partial charge in [-0.05, 0) is 78.7 Å². The Morgan fingerprint density at radius 3 is 2.44 bits per heavy atom. The number of benzene rings is 3. The first-order valence-corrected chi connectivity index (χ1v) is 11.7. The van der Waals surface area contributed by atoms with Crippen LogP contribution in [0.15, 0.2) is 66.7 Å². The number of carbonyl (C=O) groups excluding carboxylic acids is 1. The molecule has 1 fully saturated rings. The van der Waals surface area contributed by atoms with Crippen molar-refractivity contribution in [2.24, 2.45) is 5.73 Å². The summed E-state index contributed by atoms with van der Waals surface area (Å²) in [5, 5.41) is 0. The number of amides is 1. The number of aryl methyl sites for hydroxylation is 2. The normalized spacial score (nSPS) is 18.6. The lowest BCUT2D eigenvalue weighted by atomic mass is 9.99. The van der Waals surface area contributed by atoms with Crippen molar-refractivity contribution in [1.82, 2.24) is 4.90 Å². The number of rotatable bonds is 4. The van der Waals surface area contributed by atoms with Gasteiger partial charge in [-0.15, -0.1) is 0 Å². The fourth-order valence-electron chi connectivity index (χ4n) is 5.09. The van der Waals surface area contributed by atoms with Gasteiger partial charge in [-0.3, -0.25) is 9.69 Å². The minimum atomic E-state index is -0.401. The number of carbonyl (C=O) groups is 1. The molecular formula is C28H30N2O2. The van der Waals surface area contributed by atoms with Gasteiger partial charge in [0.05, 0.1) is 0 Å². The second kappa shape index (κ2) is 9.17. The van der Waals surface area contributed by atoms with Crippen LogP contribution >= 0.6 is 0 Å². The van der Waals surface area contributed by atoms with Gasteiger partial charge in [-0.2, -0.15) is 0 Å². The Labute approximate surface area is 190 Å². The molecule has 0 aromatic heterocycles. The van der Waals surface area contributed by atoms with Gasteiger partial charge in [0.1, 0.15) is 11.5 Å². The average molecular weight is 427 g/mol. The number of nitrogens with zero attached hydrogens (tertiary/aromatic N) is 1. The molecule has 4 nitrogen and oxygen atoms in total. The Balaban J connectivity index is 1.37. The molecule has 1 atom stereocenters. The van der Waals surface area contributed by atoms with Gasteiger partial charge >= 0.3 is 0 Å². The largest absolute Gasteiger partial charge is 0.457 e. The van der Waals surface area contributed by atoms with E-state index < -0.39 is 5.91 Å². The summed E-state index contributed by atoms with van der Waals surface area (Å²) in [6.45, 7) is 2.08. The Bertz CT molecular complexity index is 1110. The minimum absolute atomic E-state index is 0.401. The van der Waals surface area contributed by atoms with Crippen LogP contribution in [-0.2, 0) is 19.4 Å². The summed E-state index contributed by atoms with van der Waals surface area (Å²) < 4.78 is 6.23. The van der Waals surface area contributed by atoms with E-state index in [2.05, 4.69) is 53.4 Å². The maximum absolute atomic E-state index is 11.6. The maximum atomic E-state index is 11.6. The highest BCUT2D eigenvalue weighted by Crippen LogP contribution is 2.36. The molecule has 1 amide bonds. The Hall–Kier alpha value is -3.11. The van der Waals surface area contributed by atoms with Crippen LogP contribution in [0, 0.1) is 0 Å². The van der Waals surface area contributed by atoms with Crippen LogP contribution in [-0.4, -0.2) is 17.4 Å². The molecule has 2 aliphatic heterocycles. The summed E-state index contributed by atoms with van der Waals surface area (Å²) in [5.74, 6) is 1.33. The molecule has 3 aromatic carbocycles. The van der Waals surface area contributed by atoms with Gasteiger partial charge in [0.25, 0.3) is 0 Å². The van der Waals surface area contributed by atoms with Gasteiger partial charge < -0.3 is 10.5 Å². The van der Waals surface area contributed by atoms with Crippen LogP contribution in [0.3, 0.4) is 0 Å². The van der Waals surface area contributed by atoms with Crippen molar-refractivity contribution in [2.45, 2.75) is 51.1 Å². The number of nitrogens with two attached hydrogens (primary N) is 1. The summed E-state index contributed by atoms with van der Waals surface area (Å²) in [7, 11) is 0. The summed E-state index contributed by atoms with van der Waals surface area (Å²) in [5.41, 5.74) is 11.0. The highest BCUT2D eigenvalue weighted by molar-refractivity contribution is 5.93. The minimum Gasteiger partial charge on any atom is -0.457 e. The maximum Gasteiger partial charge on any atom is 0.248 e. The zero-order valence-corrected chi connectivity index (χ0v) is 18.4. The molecule has 0 radical (unpaired) electrons. The van der Waals surface area contributed by atoms with Gasteiger partial charge in [0.2, 0.25) is 5.91 Å². The highest BCUT2D eigenvalue weighted by Gasteiger charge is 2.23. The lowest BCUT2D eigenvalue weighted by molar-refractivity contribution is 0.1000. The van der Waals surface area contributed by atoms with Gasteiger partial charge in [-0.25, -0.2) is 0 Å². The quantitative estimate of drug-likeness (QED) is 0.574. The predicted octanol–water partition coefficient (Wildman–Crippen LogP) is 5.79. The van der Waals surface area contributed by atoms with E-state index >= 15 is 0 Å². The van der Waals surface area contributed by atoms with Crippen molar-refractivity contribution >= 4 is 5.91 Å². The van der Waals surface area contributed by atoms with Gasteiger partial charge in [-0.1, -0.05) is 55.3 Å². The van der Waals surface area contributed by atoms with Crippen molar-refractivity contribution < 1.29 is 9.53 Å². The van der Waals surface area contributed by atoms with E-state index in [0.717, 1.165) is 43.0 Å². The highest BCUT2D eigenvalue weighted by atomic mass is 16.5. The van der Waals surface area contributed by atoms with Crippen molar-refractivity contribution in [3.8, 4) is 11.5 Å². The molecule has 164 valence electrons. The second-order valence-electron chi connectivity index (χ2n) is 8.98. The molecule has 0 spiro atoms.